The van der Waals surface area contributed by atoms with Crippen molar-refractivity contribution >= 4 is 46.6 Å². The maximum absolute atomic E-state index is 12.1. The van der Waals surface area contributed by atoms with Crippen LogP contribution in [0, 0.1) is 0 Å². The molecular weight excluding hydrogens is 451 g/mol. The topological polar surface area (TPSA) is 83.8 Å². The summed E-state index contributed by atoms with van der Waals surface area (Å²) in [7, 11) is 0. The average molecular weight is 477 g/mol. The zero-order chi connectivity index (χ0) is 22.9. The maximum atomic E-state index is 12.1. The van der Waals surface area contributed by atoms with Gasteiger partial charge in [-0.1, -0.05) is 29.3 Å². The Balaban J connectivity index is 1.47. The Kier molecular flexibility index (Phi) is 6.35. The highest BCUT2D eigenvalue weighted by Gasteiger charge is 2.27. The minimum atomic E-state index is -0.523. The van der Waals surface area contributed by atoms with Gasteiger partial charge in [-0.2, -0.15) is 9.61 Å². The lowest BCUT2D eigenvalue weighted by atomic mass is 10.2. The first-order valence-corrected chi connectivity index (χ1v) is 11.2. The summed E-state index contributed by atoms with van der Waals surface area (Å²) in [4.78, 5) is 19.0. The normalized spacial score (nSPS) is 16.4. The fourth-order valence-electron chi connectivity index (χ4n) is 3.60. The summed E-state index contributed by atoms with van der Waals surface area (Å²) in [6.07, 6.45) is 2.13. The minimum absolute atomic E-state index is 0.00271. The highest BCUT2D eigenvalue weighted by molar-refractivity contribution is 6.35. The van der Waals surface area contributed by atoms with E-state index in [1.165, 1.54) is 0 Å². The van der Waals surface area contributed by atoms with Gasteiger partial charge in [-0.05, 0) is 44.9 Å². The molecule has 3 aromatic rings. The van der Waals surface area contributed by atoms with Gasteiger partial charge in [0.15, 0.2) is 5.65 Å². The predicted molar refractivity (Wildman–Crippen MR) is 127 cm³/mol. The van der Waals surface area contributed by atoms with Crippen LogP contribution >= 0.6 is 23.2 Å². The molecule has 1 atom stereocenters. The molecule has 8 nitrogen and oxygen atoms in total. The number of halogens is 2. The quantitative estimate of drug-likeness (QED) is 0.552. The summed E-state index contributed by atoms with van der Waals surface area (Å²) in [6, 6.07) is 9.25. The van der Waals surface area contributed by atoms with Crippen molar-refractivity contribution in [1.29, 1.82) is 0 Å². The second-order valence-electron chi connectivity index (χ2n) is 8.77. The number of alkyl carbamates (subject to hydrolysis) is 1. The Morgan fingerprint density at radius 1 is 1.25 bits per heavy atom. The molecule has 10 heteroatoms. The second-order valence-corrected chi connectivity index (χ2v) is 9.61. The third kappa shape index (κ3) is 5.37. The first-order chi connectivity index (χ1) is 15.2. The largest absolute Gasteiger partial charge is 0.444 e. The molecule has 170 valence electrons. The van der Waals surface area contributed by atoms with Crippen LogP contribution in [0.1, 0.15) is 32.8 Å². The molecule has 2 aromatic heterocycles. The third-order valence-electron chi connectivity index (χ3n) is 5.05. The number of benzene rings is 1. The molecule has 0 aliphatic carbocycles. The Hall–Kier alpha value is -2.71. The Morgan fingerprint density at radius 2 is 2.06 bits per heavy atom. The monoisotopic (exact) mass is 476 g/mol. The molecule has 1 aliphatic rings. The predicted octanol–water partition coefficient (Wildman–Crippen LogP) is 4.75. The summed E-state index contributed by atoms with van der Waals surface area (Å²) < 4.78 is 7.12. The van der Waals surface area contributed by atoms with E-state index >= 15 is 0 Å². The fraction of sp³-hybridized carbons (Fsp3) is 0.409. The zero-order valence-electron chi connectivity index (χ0n) is 18.2. The smallest absolute Gasteiger partial charge is 0.407 e. The molecule has 32 heavy (non-hydrogen) atoms. The molecule has 0 saturated carbocycles. The Morgan fingerprint density at radius 3 is 2.81 bits per heavy atom. The number of amides is 1. The lowest BCUT2D eigenvalue weighted by molar-refractivity contribution is 0.0509. The zero-order valence-corrected chi connectivity index (χ0v) is 19.7. The van der Waals surface area contributed by atoms with Crippen LogP contribution in [0.3, 0.4) is 0 Å². The molecule has 0 unspecified atom stereocenters. The van der Waals surface area contributed by atoms with Crippen LogP contribution in [0.25, 0.3) is 5.65 Å². The first kappa shape index (κ1) is 22.5. The van der Waals surface area contributed by atoms with Crippen molar-refractivity contribution in [2.24, 2.45) is 0 Å². The minimum Gasteiger partial charge on any atom is -0.444 e. The SMILES string of the molecule is CC(C)(C)OC(=O)N[C@@H]1CCN(c2cc(NCc3ccc(Cl)cc3Cl)n3nccc3n2)C1. The van der Waals surface area contributed by atoms with Crippen LogP contribution in [0.15, 0.2) is 36.5 Å². The van der Waals surface area contributed by atoms with E-state index in [4.69, 9.17) is 32.9 Å². The van der Waals surface area contributed by atoms with E-state index in [0.29, 0.717) is 23.1 Å². The number of ether oxygens (including phenoxy) is 1. The Labute approximate surface area is 196 Å². The lowest BCUT2D eigenvalue weighted by Gasteiger charge is -2.22. The molecule has 1 saturated heterocycles. The number of nitrogens with zero attached hydrogens (tertiary/aromatic N) is 4. The van der Waals surface area contributed by atoms with Gasteiger partial charge in [-0.25, -0.2) is 9.78 Å². The Bertz CT molecular complexity index is 1130. The molecule has 4 rings (SSSR count). The summed E-state index contributed by atoms with van der Waals surface area (Å²) in [5.41, 5.74) is 1.14. The standard InChI is InChI=1S/C22H26Cl2N6O2/c1-22(2,3)32-21(31)27-16-7-9-29(13-16)20-11-19(30-18(28-20)6-8-26-30)25-12-14-4-5-15(23)10-17(14)24/h4-6,8,10-11,16,25H,7,9,12-13H2,1-3H3,(H,27,31)/t16-/m1/s1. The number of fused-ring (bicyclic) bond motifs is 1. The van der Waals surface area contributed by atoms with Crippen LogP contribution in [0.5, 0.6) is 0 Å². The number of anilines is 2. The maximum Gasteiger partial charge on any atom is 0.407 e. The summed E-state index contributed by atoms with van der Waals surface area (Å²) in [5, 5.41) is 11.9. The van der Waals surface area contributed by atoms with Gasteiger partial charge in [0.25, 0.3) is 0 Å². The van der Waals surface area contributed by atoms with Crippen molar-refractivity contribution in [2.75, 3.05) is 23.3 Å². The molecule has 3 heterocycles. The summed E-state index contributed by atoms with van der Waals surface area (Å²) >= 11 is 12.3. The summed E-state index contributed by atoms with van der Waals surface area (Å²) in [5.74, 6) is 1.61. The van der Waals surface area contributed by atoms with Crippen LogP contribution < -0.4 is 15.5 Å². The van der Waals surface area contributed by atoms with E-state index in [2.05, 4.69) is 20.6 Å². The van der Waals surface area contributed by atoms with Gasteiger partial charge < -0.3 is 20.3 Å². The van der Waals surface area contributed by atoms with E-state index < -0.39 is 11.7 Å². The van der Waals surface area contributed by atoms with E-state index in [9.17, 15) is 4.79 Å². The molecule has 2 N–H and O–H groups in total. The van der Waals surface area contributed by atoms with Crippen molar-refractivity contribution < 1.29 is 9.53 Å². The van der Waals surface area contributed by atoms with Gasteiger partial charge in [0.05, 0.1) is 12.2 Å². The number of nitrogens with one attached hydrogen (secondary N) is 2. The van der Waals surface area contributed by atoms with E-state index in [1.54, 1.807) is 16.8 Å². The molecule has 1 fully saturated rings. The molecular formula is C22H26Cl2N6O2. The number of carbonyl (C=O) groups is 1. The first-order valence-electron chi connectivity index (χ1n) is 10.4. The van der Waals surface area contributed by atoms with Gasteiger partial charge >= 0.3 is 6.09 Å². The van der Waals surface area contributed by atoms with Crippen LogP contribution in [-0.4, -0.2) is 45.4 Å². The number of rotatable bonds is 5. The van der Waals surface area contributed by atoms with E-state index in [0.717, 1.165) is 35.8 Å². The van der Waals surface area contributed by atoms with Crippen LogP contribution in [0.2, 0.25) is 10.0 Å². The molecule has 0 spiro atoms. The second kappa shape index (κ2) is 9.03. The average Bonchev–Trinajstić information content (AvgIpc) is 3.34. The molecule has 0 bridgehead atoms. The highest BCUT2D eigenvalue weighted by atomic mass is 35.5. The van der Waals surface area contributed by atoms with Gasteiger partial charge in [0.1, 0.15) is 17.2 Å². The van der Waals surface area contributed by atoms with Crippen LogP contribution in [0.4, 0.5) is 16.4 Å². The molecule has 1 amide bonds. The van der Waals surface area contributed by atoms with Crippen molar-refractivity contribution in [3.05, 3.63) is 52.1 Å². The van der Waals surface area contributed by atoms with E-state index in [-0.39, 0.29) is 6.04 Å². The van der Waals surface area contributed by atoms with Crippen molar-refractivity contribution in [3.8, 4) is 0 Å². The fourth-order valence-corrected chi connectivity index (χ4v) is 4.07. The molecule has 0 radical (unpaired) electrons. The number of hydrogen-bond donors (Lipinski definition) is 2. The van der Waals surface area contributed by atoms with Crippen molar-refractivity contribution in [3.63, 3.8) is 0 Å². The highest BCUT2D eigenvalue weighted by Crippen LogP contribution is 2.25. The van der Waals surface area contributed by atoms with Gasteiger partial charge in [0, 0.05) is 41.8 Å². The van der Waals surface area contributed by atoms with E-state index in [1.807, 2.05) is 45.0 Å². The number of aromatic nitrogens is 3. The molecule has 1 aromatic carbocycles. The van der Waals surface area contributed by atoms with Crippen LogP contribution in [-0.2, 0) is 11.3 Å². The number of hydrogen-bond acceptors (Lipinski definition) is 6. The van der Waals surface area contributed by atoms with Gasteiger partial charge in [-0.3, -0.25) is 0 Å². The number of carbonyl (C=O) groups excluding carboxylic acids is 1. The lowest BCUT2D eigenvalue weighted by Crippen LogP contribution is -2.40. The van der Waals surface area contributed by atoms with Crippen molar-refractivity contribution in [1.82, 2.24) is 19.9 Å². The van der Waals surface area contributed by atoms with Gasteiger partial charge in [0.2, 0.25) is 0 Å². The van der Waals surface area contributed by atoms with Crippen molar-refractivity contribution in [2.45, 2.75) is 45.4 Å². The van der Waals surface area contributed by atoms with Gasteiger partial charge in [-0.15, -0.1) is 0 Å². The summed E-state index contributed by atoms with van der Waals surface area (Å²) in [6.45, 7) is 7.49. The molecule has 1 aliphatic heterocycles. The third-order valence-corrected chi connectivity index (χ3v) is 5.64.